The van der Waals surface area contributed by atoms with Gasteiger partial charge >= 0.3 is 11.4 Å². The number of halogens is 2. The molecular weight excluding hydrogens is 223 g/mol. The van der Waals surface area contributed by atoms with Crippen LogP contribution in [0.25, 0.3) is 0 Å². The molecule has 0 atom stereocenters. The van der Waals surface area contributed by atoms with Crippen LogP contribution in [0.4, 0.5) is 0 Å². The Labute approximate surface area is 83.8 Å². The van der Waals surface area contributed by atoms with Gasteiger partial charge in [-0.25, -0.2) is 0 Å². The summed E-state index contributed by atoms with van der Waals surface area (Å²) in [6.07, 6.45) is 3.00. The first-order chi connectivity index (χ1) is 5.81. The van der Waals surface area contributed by atoms with Crippen LogP contribution in [0.1, 0.15) is 0 Å². The normalized spacial score (nSPS) is 14.5. The van der Waals surface area contributed by atoms with Crippen molar-refractivity contribution in [3.8, 4) is 0 Å². The number of rotatable bonds is 6. The number of hydrogen-bond acceptors (Lipinski definition) is 3. The van der Waals surface area contributed by atoms with Crippen molar-refractivity contribution in [1.29, 1.82) is 0 Å². The summed E-state index contributed by atoms with van der Waals surface area (Å²) in [7, 11) is 0. The van der Waals surface area contributed by atoms with Gasteiger partial charge in [0.25, 0.3) is 0 Å². The molecule has 0 aromatic heterocycles. The van der Waals surface area contributed by atoms with Crippen molar-refractivity contribution >= 4 is 34.6 Å². The van der Waals surface area contributed by atoms with E-state index in [-0.39, 0.29) is 13.2 Å². The van der Waals surface area contributed by atoms with Gasteiger partial charge in [0.15, 0.2) is 0 Å². The monoisotopic (exact) mass is 230 g/mol. The van der Waals surface area contributed by atoms with E-state index < -0.39 is 11.4 Å². The molecule has 12 heavy (non-hydrogen) atoms. The molecule has 0 saturated carbocycles. The molecule has 0 aromatic rings. The van der Waals surface area contributed by atoms with E-state index in [9.17, 15) is 4.21 Å². The second-order valence-corrected chi connectivity index (χ2v) is 2.88. The highest BCUT2D eigenvalue weighted by Gasteiger charge is 1.95. The average Bonchev–Trinajstić information content (AvgIpc) is 2.06. The van der Waals surface area contributed by atoms with Crippen molar-refractivity contribution in [3.63, 3.8) is 0 Å². The Morgan fingerprint density at radius 2 is 1.50 bits per heavy atom. The Morgan fingerprint density at radius 1 is 1.08 bits per heavy atom. The number of hydrogen-bond donors (Lipinski definition) is 0. The van der Waals surface area contributed by atoms with Crippen molar-refractivity contribution in [2.75, 3.05) is 13.2 Å². The third-order valence-electron chi connectivity index (χ3n) is 0.699. The zero-order chi connectivity index (χ0) is 9.23. The van der Waals surface area contributed by atoms with Gasteiger partial charge < -0.3 is 0 Å². The van der Waals surface area contributed by atoms with Crippen LogP contribution in [-0.4, -0.2) is 17.4 Å². The second-order valence-electron chi connectivity index (χ2n) is 1.50. The fourth-order valence-electron chi connectivity index (χ4n) is 0.296. The van der Waals surface area contributed by atoms with Gasteiger partial charge in [0.05, 0.1) is 13.2 Å². The highest BCUT2D eigenvalue weighted by molar-refractivity contribution is 7.75. The van der Waals surface area contributed by atoms with Crippen LogP contribution in [0.15, 0.2) is 23.2 Å². The zero-order valence-electron chi connectivity index (χ0n) is 6.11. The summed E-state index contributed by atoms with van der Waals surface area (Å²) < 4.78 is 20.0. The van der Waals surface area contributed by atoms with Crippen LogP contribution >= 0.6 is 23.2 Å². The highest BCUT2D eigenvalue weighted by atomic mass is 35.5. The van der Waals surface area contributed by atoms with Gasteiger partial charge in [-0.1, -0.05) is 23.2 Å². The summed E-state index contributed by atoms with van der Waals surface area (Å²) in [5.41, 5.74) is 2.55. The van der Waals surface area contributed by atoms with Gasteiger partial charge in [0, 0.05) is 11.1 Å². The van der Waals surface area contributed by atoms with Crippen LogP contribution in [0.3, 0.4) is 0 Å². The van der Waals surface area contributed by atoms with Crippen LogP contribution in [0.2, 0.25) is 0 Å². The zero-order valence-corrected chi connectivity index (χ0v) is 8.44. The Hall–Kier alpha value is 0.130. The lowest BCUT2D eigenvalue weighted by Crippen LogP contribution is -2.01. The van der Waals surface area contributed by atoms with E-state index in [1.54, 1.807) is 0 Å². The first-order valence-corrected chi connectivity index (χ1v) is 4.87. The fourth-order valence-corrected chi connectivity index (χ4v) is 0.889. The van der Waals surface area contributed by atoms with E-state index in [0.29, 0.717) is 0 Å². The molecule has 6 heteroatoms. The van der Waals surface area contributed by atoms with E-state index in [1.165, 1.54) is 23.2 Å². The Kier molecular flexibility index (Phi) is 9.32. The van der Waals surface area contributed by atoms with E-state index >= 15 is 0 Å². The summed E-state index contributed by atoms with van der Waals surface area (Å²) in [5, 5.41) is 0. The second kappa shape index (κ2) is 9.22. The first kappa shape index (κ1) is 12.1. The third-order valence-corrected chi connectivity index (χ3v) is 1.71. The van der Waals surface area contributed by atoms with Crippen LogP contribution in [-0.2, 0) is 19.7 Å². The molecule has 0 radical (unpaired) electrons. The Balaban J connectivity index is 3.33. The molecule has 0 saturated heterocycles. The minimum atomic E-state index is -1.74. The summed E-state index contributed by atoms with van der Waals surface area (Å²) in [6, 6.07) is 0. The maximum Gasteiger partial charge on any atom is 0.305 e. The van der Waals surface area contributed by atoms with Crippen LogP contribution in [0.5, 0.6) is 0 Å². The van der Waals surface area contributed by atoms with Crippen molar-refractivity contribution in [2.24, 2.45) is 0 Å². The van der Waals surface area contributed by atoms with Gasteiger partial charge in [-0.05, 0) is 12.2 Å². The van der Waals surface area contributed by atoms with Crippen molar-refractivity contribution in [1.82, 2.24) is 0 Å². The summed E-state index contributed by atoms with van der Waals surface area (Å²) in [6.45, 7) is 0.307. The van der Waals surface area contributed by atoms with Gasteiger partial charge in [-0.2, -0.15) is 4.21 Å². The summed E-state index contributed by atoms with van der Waals surface area (Å²) >= 11 is 8.62. The predicted octanol–water partition coefficient (Wildman–Crippen LogP) is 2.10. The topological polar surface area (TPSA) is 35.5 Å². The molecule has 70 valence electrons. The molecule has 3 nitrogen and oxygen atoms in total. The molecular formula is C6H8Cl2O3S. The van der Waals surface area contributed by atoms with Gasteiger partial charge in [0.2, 0.25) is 0 Å². The summed E-state index contributed by atoms with van der Waals surface area (Å²) in [4.78, 5) is 0. The van der Waals surface area contributed by atoms with Crippen molar-refractivity contribution < 1.29 is 12.6 Å². The molecule has 0 heterocycles. The maximum absolute atomic E-state index is 10.7. The van der Waals surface area contributed by atoms with E-state index in [2.05, 4.69) is 8.37 Å². The molecule has 0 amide bonds. The quantitative estimate of drug-likeness (QED) is 0.702. The highest BCUT2D eigenvalue weighted by Crippen LogP contribution is 1.91. The molecule has 0 aliphatic heterocycles. The minimum Gasteiger partial charge on any atom is -0.264 e. The minimum absolute atomic E-state index is 0.153. The molecule has 0 bridgehead atoms. The summed E-state index contributed by atoms with van der Waals surface area (Å²) in [5.74, 6) is 0. The Bertz CT molecular complexity index is 164. The van der Waals surface area contributed by atoms with E-state index in [1.807, 2.05) is 0 Å². The van der Waals surface area contributed by atoms with Gasteiger partial charge in [-0.15, -0.1) is 0 Å². The predicted molar refractivity (Wildman–Crippen MR) is 50.0 cm³/mol. The smallest absolute Gasteiger partial charge is 0.264 e. The fraction of sp³-hybridized carbons (Fsp3) is 0.333. The van der Waals surface area contributed by atoms with E-state index in [0.717, 1.165) is 0 Å². The molecule has 0 N–H and O–H groups in total. The maximum atomic E-state index is 10.7. The standard InChI is InChI=1S/C6H8Cl2O3S/c7-3-1-5-10-12(9)11-6-2-4-8/h1-4H,5-6H2. The molecule has 0 aliphatic carbocycles. The average molecular weight is 231 g/mol. The SMILES string of the molecule is O=S(OCC=CCl)OCC=CCl. The van der Waals surface area contributed by atoms with Crippen LogP contribution in [0, 0.1) is 0 Å². The third kappa shape index (κ3) is 8.23. The molecule has 0 fully saturated rings. The lowest BCUT2D eigenvalue weighted by molar-refractivity contribution is 0.288. The lowest BCUT2D eigenvalue weighted by Gasteiger charge is -1.97. The lowest BCUT2D eigenvalue weighted by atomic mass is 10.7. The van der Waals surface area contributed by atoms with E-state index in [4.69, 9.17) is 23.2 Å². The van der Waals surface area contributed by atoms with Crippen molar-refractivity contribution in [3.05, 3.63) is 23.2 Å². The molecule has 0 rings (SSSR count). The van der Waals surface area contributed by atoms with Gasteiger partial charge in [0.1, 0.15) is 0 Å². The Morgan fingerprint density at radius 3 is 1.83 bits per heavy atom. The molecule has 0 unspecified atom stereocenters. The molecule has 0 aromatic carbocycles. The van der Waals surface area contributed by atoms with Crippen LogP contribution < -0.4 is 0 Å². The van der Waals surface area contributed by atoms with Gasteiger partial charge in [-0.3, -0.25) is 8.37 Å². The molecule has 0 spiro atoms. The molecule has 0 aliphatic rings. The first-order valence-electron chi connectivity index (χ1n) is 3.00. The largest absolute Gasteiger partial charge is 0.305 e. The van der Waals surface area contributed by atoms with Crippen molar-refractivity contribution in [2.45, 2.75) is 0 Å².